The Hall–Kier alpha value is -3.04. The van der Waals surface area contributed by atoms with Gasteiger partial charge in [-0.25, -0.2) is 13.2 Å². The van der Waals surface area contributed by atoms with Crippen LogP contribution in [0.5, 0.6) is 5.75 Å². The molecule has 2 bridgehead atoms. The third-order valence-electron chi connectivity index (χ3n) is 8.92. The van der Waals surface area contributed by atoms with Gasteiger partial charge in [-0.2, -0.15) is 0 Å². The second-order valence-electron chi connectivity index (χ2n) is 13.1. The number of carbonyl (C=O) groups excluding carboxylic acids is 2. The molecule has 2 aromatic rings. The first-order chi connectivity index (χ1) is 21.7. The SMILES string of the molecule is CC(=O)N(CCN(C)CCNCS(C)(=O)=O)CC(O)CN1[C@@H]2CC[C@H]1C[C@H](NC(=O)Oc1cc3ccccc3n(C(C)C)c1=O)C2. The van der Waals surface area contributed by atoms with Crippen LogP contribution in [0.25, 0.3) is 10.9 Å². The smallest absolute Gasteiger partial charge is 0.404 e. The molecule has 14 heteroatoms. The average Bonchev–Trinajstić information content (AvgIpc) is 3.19. The molecule has 4 atom stereocenters. The molecule has 0 radical (unpaired) electrons. The van der Waals surface area contributed by atoms with E-state index in [1.807, 2.05) is 50.1 Å². The Kier molecular flexibility index (Phi) is 12.2. The lowest BCUT2D eigenvalue weighted by Gasteiger charge is -2.40. The van der Waals surface area contributed by atoms with Crippen molar-refractivity contribution in [2.45, 2.75) is 76.7 Å². The van der Waals surface area contributed by atoms with Crippen LogP contribution in [0.4, 0.5) is 4.79 Å². The zero-order chi connectivity index (χ0) is 33.6. The van der Waals surface area contributed by atoms with Crippen molar-refractivity contribution in [2.75, 3.05) is 58.4 Å². The molecule has 3 heterocycles. The van der Waals surface area contributed by atoms with Crippen molar-refractivity contribution in [1.82, 2.24) is 29.9 Å². The predicted molar refractivity (Wildman–Crippen MR) is 178 cm³/mol. The second kappa shape index (κ2) is 15.7. The van der Waals surface area contributed by atoms with E-state index in [1.165, 1.54) is 13.2 Å². The van der Waals surface area contributed by atoms with Gasteiger partial charge >= 0.3 is 6.09 Å². The maximum atomic E-state index is 13.2. The van der Waals surface area contributed by atoms with Crippen molar-refractivity contribution in [1.29, 1.82) is 0 Å². The normalized spacial score (nSPS) is 20.7. The first-order valence-electron chi connectivity index (χ1n) is 16.1. The standard InChI is InChI=1S/C32H50N6O7S/c1-22(2)38-29-9-7-6-8-24(29)16-30(31(38)41)45-32(42)34-25-17-26-10-11-27(18-25)37(26)20-28(40)19-36(23(3)39)15-14-35(4)13-12-33-21-46(5,43)44/h6-9,16,22,25-28,33,40H,10-15,17-21H2,1-5H3,(H,34,42)/t25-,26-,27+,28?. The van der Waals surface area contributed by atoms with E-state index in [2.05, 4.69) is 15.5 Å². The molecule has 0 saturated carbocycles. The first kappa shape index (κ1) is 35.8. The van der Waals surface area contributed by atoms with Gasteiger partial charge in [0.1, 0.15) is 0 Å². The number of ether oxygens (including phenoxy) is 1. The molecule has 0 spiro atoms. The van der Waals surface area contributed by atoms with Crippen LogP contribution in [-0.2, 0) is 14.6 Å². The van der Waals surface area contributed by atoms with Gasteiger partial charge in [-0.1, -0.05) is 18.2 Å². The van der Waals surface area contributed by atoms with E-state index in [0.29, 0.717) is 45.6 Å². The fourth-order valence-electron chi connectivity index (χ4n) is 6.70. The van der Waals surface area contributed by atoms with Gasteiger partial charge in [-0.05, 0) is 58.7 Å². The summed E-state index contributed by atoms with van der Waals surface area (Å²) in [6.07, 6.45) is 3.15. The minimum atomic E-state index is -3.07. The number of para-hydroxylation sites is 1. The Labute approximate surface area is 271 Å². The topological polar surface area (TPSA) is 154 Å². The van der Waals surface area contributed by atoms with E-state index < -0.39 is 22.0 Å². The van der Waals surface area contributed by atoms with Gasteiger partial charge in [0.05, 0.1) is 17.5 Å². The molecule has 256 valence electrons. The van der Waals surface area contributed by atoms with Gasteiger partial charge in [-0.15, -0.1) is 0 Å². The van der Waals surface area contributed by atoms with Gasteiger partial charge in [0.2, 0.25) is 5.91 Å². The van der Waals surface area contributed by atoms with Gasteiger partial charge in [0.25, 0.3) is 5.56 Å². The molecule has 2 aliphatic rings. The maximum absolute atomic E-state index is 13.2. The Morgan fingerprint density at radius 3 is 2.41 bits per heavy atom. The van der Waals surface area contributed by atoms with Crippen molar-refractivity contribution in [3.8, 4) is 5.75 Å². The highest BCUT2D eigenvalue weighted by Crippen LogP contribution is 2.36. The van der Waals surface area contributed by atoms with Gasteiger partial charge in [0, 0.05) is 82.0 Å². The van der Waals surface area contributed by atoms with Crippen LogP contribution >= 0.6 is 0 Å². The average molecular weight is 663 g/mol. The van der Waals surface area contributed by atoms with Gasteiger partial charge in [-0.3, -0.25) is 14.5 Å². The number of benzene rings is 1. The number of hydrogen-bond acceptors (Lipinski definition) is 10. The zero-order valence-electron chi connectivity index (χ0n) is 27.6. The number of nitrogens with zero attached hydrogens (tertiary/aromatic N) is 4. The van der Waals surface area contributed by atoms with Crippen LogP contribution in [0, 0.1) is 0 Å². The number of likely N-dealkylation sites (N-methyl/N-ethyl adjacent to an activating group) is 1. The number of aliphatic hydroxyl groups is 1. The molecule has 0 aliphatic carbocycles. The summed E-state index contributed by atoms with van der Waals surface area (Å²) in [5.74, 6) is -0.185. The van der Waals surface area contributed by atoms with E-state index in [4.69, 9.17) is 4.74 Å². The fourth-order valence-corrected chi connectivity index (χ4v) is 7.21. The second-order valence-corrected chi connectivity index (χ2v) is 15.3. The Morgan fingerprint density at radius 2 is 1.78 bits per heavy atom. The summed E-state index contributed by atoms with van der Waals surface area (Å²) in [5.41, 5.74) is 0.442. The molecule has 3 N–H and O–H groups in total. The summed E-state index contributed by atoms with van der Waals surface area (Å²) < 4.78 is 29.7. The van der Waals surface area contributed by atoms with E-state index in [0.717, 1.165) is 23.7 Å². The molecule has 13 nitrogen and oxygen atoms in total. The number of piperidine rings is 1. The summed E-state index contributed by atoms with van der Waals surface area (Å²) in [5, 5.41) is 17.7. The van der Waals surface area contributed by atoms with E-state index in [-0.39, 0.29) is 53.8 Å². The Morgan fingerprint density at radius 1 is 1.11 bits per heavy atom. The molecular formula is C32H50N6O7S. The molecule has 2 aliphatic heterocycles. The van der Waals surface area contributed by atoms with Crippen LogP contribution in [0.1, 0.15) is 52.5 Å². The molecule has 2 saturated heterocycles. The number of fused-ring (bicyclic) bond motifs is 3. The van der Waals surface area contributed by atoms with Crippen molar-refractivity contribution in [3.63, 3.8) is 0 Å². The maximum Gasteiger partial charge on any atom is 0.413 e. The summed E-state index contributed by atoms with van der Waals surface area (Å²) in [6.45, 7) is 8.18. The summed E-state index contributed by atoms with van der Waals surface area (Å²) in [4.78, 5) is 44.4. The Balaban J connectivity index is 1.26. The fraction of sp³-hybridized carbons (Fsp3) is 0.656. The van der Waals surface area contributed by atoms with Crippen LogP contribution < -0.4 is 20.9 Å². The lowest BCUT2D eigenvalue weighted by atomic mass is 9.97. The predicted octanol–water partition coefficient (Wildman–Crippen LogP) is 1.40. The lowest BCUT2D eigenvalue weighted by Crippen LogP contribution is -2.54. The van der Waals surface area contributed by atoms with Gasteiger partial charge < -0.3 is 34.8 Å². The number of hydrogen-bond donors (Lipinski definition) is 3. The number of rotatable bonds is 15. The summed E-state index contributed by atoms with van der Waals surface area (Å²) in [6, 6.07) is 9.30. The van der Waals surface area contributed by atoms with Crippen LogP contribution in [0.3, 0.4) is 0 Å². The monoisotopic (exact) mass is 662 g/mol. The molecule has 4 rings (SSSR count). The summed E-state index contributed by atoms with van der Waals surface area (Å²) >= 11 is 0. The molecular weight excluding hydrogens is 612 g/mol. The third-order valence-corrected chi connectivity index (χ3v) is 9.65. The molecule has 2 fully saturated rings. The van der Waals surface area contributed by atoms with E-state index >= 15 is 0 Å². The number of aliphatic hydroxyl groups excluding tert-OH is 1. The largest absolute Gasteiger partial charge is 0.413 e. The molecule has 1 unspecified atom stereocenters. The number of aromatic nitrogens is 1. The van der Waals surface area contributed by atoms with Crippen molar-refractivity contribution in [3.05, 3.63) is 40.7 Å². The van der Waals surface area contributed by atoms with Crippen LogP contribution in [0.15, 0.2) is 35.1 Å². The van der Waals surface area contributed by atoms with Crippen molar-refractivity contribution < 1.29 is 27.9 Å². The van der Waals surface area contributed by atoms with Crippen LogP contribution in [-0.4, -0.2) is 127 Å². The molecule has 1 aromatic carbocycles. The number of nitrogens with one attached hydrogen (secondary N) is 2. The quantitative estimate of drug-likeness (QED) is 0.239. The first-order valence-corrected chi connectivity index (χ1v) is 18.2. The highest BCUT2D eigenvalue weighted by molar-refractivity contribution is 7.90. The minimum absolute atomic E-state index is 0.00161. The van der Waals surface area contributed by atoms with Crippen LogP contribution in [0.2, 0.25) is 0 Å². The summed E-state index contributed by atoms with van der Waals surface area (Å²) in [7, 11) is -1.16. The van der Waals surface area contributed by atoms with E-state index in [1.54, 1.807) is 15.5 Å². The third kappa shape index (κ3) is 9.74. The Bertz CT molecular complexity index is 1520. The van der Waals surface area contributed by atoms with E-state index in [9.17, 15) is 27.9 Å². The van der Waals surface area contributed by atoms with Crippen molar-refractivity contribution >= 4 is 32.7 Å². The zero-order valence-corrected chi connectivity index (χ0v) is 28.5. The highest BCUT2D eigenvalue weighted by Gasteiger charge is 2.42. The number of pyridine rings is 1. The van der Waals surface area contributed by atoms with Gasteiger partial charge in [0.15, 0.2) is 15.6 Å². The lowest BCUT2D eigenvalue weighted by molar-refractivity contribution is -0.130. The minimum Gasteiger partial charge on any atom is -0.404 e. The molecule has 46 heavy (non-hydrogen) atoms. The van der Waals surface area contributed by atoms with Crippen molar-refractivity contribution in [2.24, 2.45) is 0 Å². The molecule has 1 aromatic heterocycles. The number of sulfone groups is 1. The number of carbonyl (C=O) groups is 2. The highest BCUT2D eigenvalue weighted by atomic mass is 32.2. The number of amides is 2. The molecule has 2 amide bonds.